The fraction of sp³-hybridized carbons (Fsp3) is 0.500. The van der Waals surface area contributed by atoms with E-state index in [9.17, 15) is 13.2 Å². The van der Waals surface area contributed by atoms with E-state index in [1.54, 1.807) is 0 Å². The first-order chi connectivity index (χ1) is 11.2. The third-order valence-electron chi connectivity index (χ3n) is 3.66. The van der Waals surface area contributed by atoms with Crippen LogP contribution in [0.25, 0.3) is 0 Å². The van der Waals surface area contributed by atoms with Crippen LogP contribution >= 0.6 is 11.6 Å². The van der Waals surface area contributed by atoms with Gasteiger partial charge in [-0.25, -0.2) is 18.4 Å². The van der Waals surface area contributed by atoms with E-state index in [1.807, 2.05) is 14.0 Å². The predicted molar refractivity (Wildman–Crippen MR) is 91.7 cm³/mol. The molecule has 2 atom stereocenters. The molecule has 1 aliphatic rings. The number of amides is 2. The van der Waals surface area contributed by atoms with Gasteiger partial charge in [0, 0.05) is 19.7 Å². The number of hydrogen-bond donors (Lipinski definition) is 3. The lowest BCUT2D eigenvalue weighted by molar-refractivity contribution is 0.0568. The van der Waals surface area contributed by atoms with Crippen LogP contribution in [0.4, 0.5) is 10.5 Å². The molecule has 0 unspecified atom stereocenters. The Morgan fingerprint density at radius 2 is 2.17 bits per heavy atom. The number of ether oxygens (including phenoxy) is 1. The molecule has 0 radical (unpaired) electrons. The zero-order chi connectivity index (χ0) is 17.9. The van der Waals surface area contributed by atoms with E-state index in [-0.39, 0.29) is 27.8 Å². The van der Waals surface area contributed by atoms with E-state index in [1.165, 1.54) is 18.2 Å². The molecule has 1 aliphatic heterocycles. The van der Waals surface area contributed by atoms with E-state index in [0.29, 0.717) is 13.2 Å². The molecule has 10 heteroatoms. The topological polar surface area (TPSA) is 114 Å². The van der Waals surface area contributed by atoms with Gasteiger partial charge in [-0.05, 0) is 32.2 Å². The van der Waals surface area contributed by atoms with Gasteiger partial charge in [0.1, 0.15) is 0 Å². The molecule has 0 saturated carbocycles. The van der Waals surface area contributed by atoms with Crippen molar-refractivity contribution >= 4 is 33.3 Å². The Morgan fingerprint density at radius 3 is 2.79 bits per heavy atom. The van der Waals surface area contributed by atoms with Crippen molar-refractivity contribution in [2.24, 2.45) is 5.14 Å². The standard InChI is InChI=1S/C14H21ClN4O4S/c1-3-23-13-8-19(2)7-12(13)18-14(20)17-11-6-9(24(16,21)22)4-5-10(11)15/h4-6,12-13H,3,7-8H2,1-2H3,(H2,16,21,22)(H2,17,18,20)/t12-,13-/m1/s1. The molecular weight excluding hydrogens is 356 g/mol. The summed E-state index contributed by atoms with van der Waals surface area (Å²) in [4.78, 5) is 14.1. The minimum absolute atomic E-state index is 0.100. The van der Waals surface area contributed by atoms with Crippen molar-refractivity contribution in [1.82, 2.24) is 10.2 Å². The highest BCUT2D eigenvalue weighted by molar-refractivity contribution is 7.89. The van der Waals surface area contributed by atoms with Gasteiger partial charge in [0.15, 0.2) is 0 Å². The number of carbonyl (C=O) groups excluding carboxylic acids is 1. The highest BCUT2D eigenvalue weighted by atomic mass is 35.5. The highest BCUT2D eigenvalue weighted by Gasteiger charge is 2.32. The van der Waals surface area contributed by atoms with E-state index in [2.05, 4.69) is 15.5 Å². The van der Waals surface area contributed by atoms with Crippen LogP contribution in [-0.4, -0.2) is 58.2 Å². The average Bonchev–Trinajstić information content (AvgIpc) is 2.80. The molecule has 24 heavy (non-hydrogen) atoms. The van der Waals surface area contributed by atoms with Crippen LogP contribution in [0.2, 0.25) is 5.02 Å². The number of nitrogens with zero attached hydrogens (tertiary/aromatic N) is 1. The number of primary sulfonamides is 1. The Bertz CT molecular complexity index is 713. The summed E-state index contributed by atoms with van der Waals surface area (Å²) in [7, 11) is -1.94. The fourth-order valence-electron chi connectivity index (χ4n) is 2.59. The third-order valence-corrected chi connectivity index (χ3v) is 4.90. The number of halogens is 1. The first-order valence-electron chi connectivity index (χ1n) is 7.40. The van der Waals surface area contributed by atoms with Gasteiger partial charge in [0.2, 0.25) is 10.0 Å². The van der Waals surface area contributed by atoms with Gasteiger partial charge in [-0.3, -0.25) is 0 Å². The molecule has 1 fully saturated rings. The summed E-state index contributed by atoms with van der Waals surface area (Å²) in [6.45, 7) is 3.83. The smallest absolute Gasteiger partial charge is 0.319 e. The second kappa shape index (κ2) is 7.66. The molecule has 1 saturated heterocycles. The minimum Gasteiger partial charge on any atom is -0.375 e. The summed E-state index contributed by atoms with van der Waals surface area (Å²) in [6.07, 6.45) is -0.100. The van der Waals surface area contributed by atoms with E-state index >= 15 is 0 Å². The van der Waals surface area contributed by atoms with Crippen LogP contribution in [0, 0.1) is 0 Å². The molecule has 8 nitrogen and oxygen atoms in total. The summed E-state index contributed by atoms with van der Waals surface area (Å²) >= 11 is 6.00. The van der Waals surface area contributed by atoms with E-state index in [0.717, 1.165) is 6.54 Å². The maximum atomic E-state index is 12.2. The number of carbonyl (C=O) groups is 1. The van der Waals surface area contributed by atoms with Crippen LogP contribution in [-0.2, 0) is 14.8 Å². The number of nitrogens with two attached hydrogens (primary N) is 1. The summed E-state index contributed by atoms with van der Waals surface area (Å²) in [5.74, 6) is 0. The highest BCUT2D eigenvalue weighted by Crippen LogP contribution is 2.24. The maximum Gasteiger partial charge on any atom is 0.319 e. The van der Waals surface area contributed by atoms with Gasteiger partial charge >= 0.3 is 6.03 Å². The van der Waals surface area contributed by atoms with Gasteiger partial charge in [0.05, 0.1) is 27.8 Å². The number of likely N-dealkylation sites (N-methyl/N-ethyl adjacent to an activating group) is 1. The van der Waals surface area contributed by atoms with Gasteiger partial charge < -0.3 is 20.3 Å². The summed E-state index contributed by atoms with van der Waals surface area (Å²) in [5.41, 5.74) is 0.167. The lowest BCUT2D eigenvalue weighted by Gasteiger charge is -2.20. The van der Waals surface area contributed by atoms with Crippen molar-refractivity contribution in [3.05, 3.63) is 23.2 Å². The van der Waals surface area contributed by atoms with Crippen molar-refractivity contribution in [3.63, 3.8) is 0 Å². The lowest BCUT2D eigenvalue weighted by atomic mass is 10.2. The molecule has 0 bridgehead atoms. The van der Waals surface area contributed by atoms with Crippen molar-refractivity contribution in [1.29, 1.82) is 0 Å². The Balaban J connectivity index is 2.07. The van der Waals surface area contributed by atoms with Crippen molar-refractivity contribution < 1.29 is 17.9 Å². The SMILES string of the molecule is CCO[C@@H]1CN(C)C[C@H]1NC(=O)Nc1cc(S(N)(=O)=O)ccc1Cl. The minimum atomic E-state index is -3.88. The zero-order valence-corrected chi connectivity index (χ0v) is 15.0. The number of benzene rings is 1. The molecular formula is C14H21ClN4O4S. The van der Waals surface area contributed by atoms with E-state index in [4.69, 9.17) is 21.5 Å². The van der Waals surface area contributed by atoms with Crippen LogP contribution in [0.5, 0.6) is 0 Å². The quantitative estimate of drug-likeness (QED) is 0.704. The number of anilines is 1. The zero-order valence-electron chi connectivity index (χ0n) is 13.5. The van der Waals surface area contributed by atoms with Gasteiger partial charge in [-0.15, -0.1) is 0 Å². The average molecular weight is 377 g/mol. The lowest BCUT2D eigenvalue weighted by Crippen LogP contribution is -2.45. The molecule has 4 N–H and O–H groups in total. The number of nitrogens with one attached hydrogen (secondary N) is 2. The number of urea groups is 1. The molecule has 1 aromatic carbocycles. The second-order valence-corrected chi connectivity index (χ2v) is 7.58. The molecule has 2 amide bonds. The number of sulfonamides is 1. The molecule has 1 aromatic rings. The normalized spacial score (nSPS) is 21.7. The van der Waals surface area contributed by atoms with Crippen molar-refractivity contribution in [2.75, 3.05) is 32.1 Å². The number of hydrogen-bond acceptors (Lipinski definition) is 5. The summed E-state index contributed by atoms with van der Waals surface area (Å²) in [6, 6.07) is 3.20. The first kappa shape index (κ1) is 18.9. The second-order valence-electron chi connectivity index (χ2n) is 5.61. The molecule has 0 aliphatic carbocycles. The van der Waals surface area contributed by atoms with Crippen LogP contribution in [0.15, 0.2) is 23.1 Å². The Kier molecular flexibility index (Phi) is 6.05. The number of likely N-dealkylation sites (tertiary alicyclic amines) is 1. The van der Waals surface area contributed by atoms with Crippen LogP contribution in [0.3, 0.4) is 0 Å². The molecule has 134 valence electrons. The summed E-state index contributed by atoms with van der Waals surface area (Å²) in [5, 5.41) is 10.7. The van der Waals surface area contributed by atoms with Crippen molar-refractivity contribution in [3.8, 4) is 0 Å². The molecule has 1 heterocycles. The first-order valence-corrected chi connectivity index (χ1v) is 9.33. The monoisotopic (exact) mass is 376 g/mol. The van der Waals surface area contributed by atoms with Gasteiger partial charge in [-0.2, -0.15) is 0 Å². The Hall–Kier alpha value is -1.39. The summed E-state index contributed by atoms with van der Waals surface area (Å²) < 4.78 is 28.4. The Labute approximate surface area is 146 Å². The van der Waals surface area contributed by atoms with Gasteiger partial charge in [-0.1, -0.05) is 11.6 Å². The van der Waals surface area contributed by atoms with Gasteiger partial charge in [0.25, 0.3) is 0 Å². The molecule has 0 spiro atoms. The van der Waals surface area contributed by atoms with Crippen LogP contribution in [0.1, 0.15) is 6.92 Å². The number of rotatable bonds is 5. The molecule has 0 aromatic heterocycles. The fourth-order valence-corrected chi connectivity index (χ4v) is 3.29. The van der Waals surface area contributed by atoms with E-state index < -0.39 is 16.1 Å². The van der Waals surface area contributed by atoms with Crippen LogP contribution < -0.4 is 15.8 Å². The molecule has 2 rings (SSSR count). The van der Waals surface area contributed by atoms with Crippen molar-refractivity contribution in [2.45, 2.75) is 24.0 Å². The largest absolute Gasteiger partial charge is 0.375 e. The maximum absolute atomic E-state index is 12.2. The Morgan fingerprint density at radius 1 is 1.46 bits per heavy atom. The third kappa shape index (κ3) is 4.81. The predicted octanol–water partition coefficient (Wildman–Crippen LogP) is 0.828.